The highest BCUT2D eigenvalue weighted by Crippen LogP contribution is 2.26. The summed E-state index contributed by atoms with van der Waals surface area (Å²) < 4.78 is 10.4. The van der Waals surface area contributed by atoms with Crippen LogP contribution in [0.15, 0.2) is 42.5 Å². The second-order valence-corrected chi connectivity index (χ2v) is 6.70. The molecule has 0 aromatic heterocycles. The number of hydrogen-bond acceptors (Lipinski definition) is 4. The number of esters is 1. The van der Waals surface area contributed by atoms with E-state index in [1.54, 1.807) is 42.5 Å². The average molecular weight is 431 g/mol. The lowest BCUT2D eigenvalue weighted by Crippen LogP contribution is -2.43. The molecule has 0 heterocycles. The van der Waals surface area contributed by atoms with Gasteiger partial charge in [0.2, 0.25) is 5.91 Å². The molecule has 0 spiro atoms. The Morgan fingerprint density at radius 2 is 1.70 bits per heavy atom. The van der Waals surface area contributed by atoms with E-state index in [0.717, 1.165) is 5.56 Å². The zero-order chi connectivity index (χ0) is 19.8. The molecule has 0 saturated carbocycles. The smallest absolute Gasteiger partial charge is 0.328 e. The van der Waals surface area contributed by atoms with Gasteiger partial charge in [0.05, 0.1) is 7.11 Å². The van der Waals surface area contributed by atoms with Crippen LogP contribution in [0.2, 0.25) is 10.0 Å². The van der Waals surface area contributed by atoms with Crippen molar-refractivity contribution in [3.8, 4) is 5.75 Å². The number of nitrogens with one attached hydrogen (secondary N) is 1. The normalized spacial score (nSPS) is 11.6. The van der Waals surface area contributed by atoms with Crippen LogP contribution in [0.25, 0.3) is 0 Å². The fraction of sp³-hybridized carbons (Fsp3) is 0.263. The number of rotatable bonds is 8. The maximum Gasteiger partial charge on any atom is 0.328 e. The molecule has 1 atom stereocenters. The summed E-state index contributed by atoms with van der Waals surface area (Å²) in [7, 11) is 1.26. The third kappa shape index (κ3) is 6.31. The summed E-state index contributed by atoms with van der Waals surface area (Å²) in [5.74, 6) is -0.592. The van der Waals surface area contributed by atoms with Crippen molar-refractivity contribution < 1.29 is 19.1 Å². The largest absolute Gasteiger partial charge is 0.489 e. The lowest BCUT2D eigenvalue weighted by molar-refractivity contribution is -0.144. The highest BCUT2D eigenvalue weighted by Gasteiger charge is 2.21. The molecule has 8 heteroatoms. The first-order valence-corrected chi connectivity index (χ1v) is 9.31. The van der Waals surface area contributed by atoms with Gasteiger partial charge in [0.15, 0.2) is 0 Å². The average Bonchev–Trinajstić information content (AvgIpc) is 2.67. The summed E-state index contributed by atoms with van der Waals surface area (Å²) in [6.45, 7) is 0.231. The van der Waals surface area contributed by atoms with Crippen LogP contribution in [0.1, 0.15) is 11.1 Å². The van der Waals surface area contributed by atoms with Crippen molar-refractivity contribution in [2.75, 3.05) is 13.0 Å². The van der Waals surface area contributed by atoms with Crippen molar-refractivity contribution in [1.29, 1.82) is 0 Å². The molecule has 0 radical (unpaired) electrons. The van der Waals surface area contributed by atoms with Gasteiger partial charge < -0.3 is 14.8 Å². The first-order chi connectivity index (χ1) is 12.9. The topological polar surface area (TPSA) is 64.6 Å². The first-order valence-electron chi connectivity index (χ1n) is 8.02. The van der Waals surface area contributed by atoms with Gasteiger partial charge >= 0.3 is 5.97 Å². The molecule has 0 aliphatic carbocycles. The predicted octanol–water partition coefficient (Wildman–Crippen LogP) is 4.01. The standard InChI is InChI=1S/C19H18Cl3NO4/c1-26-19(25)17(23-18(24)10-20)9-12-5-7-13(8-6-12)27-11-14-15(21)3-2-4-16(14)22/h2-8,17H,9-11H2,1H3,(H,23,24)/t17-/m1/s1. The summed E-state index contributed by atoms with van der Waals surface area (Å²) in [6.07, 6.45) is 0.270. The van der Waals surface area contributed by atoms with Crippen LogP contribution in [-0.4, -0.2) is 30.9 Å². The summed E-state index contributed by atoms with van der Waals surface area (Å²) in [6, 6.07) is 11.6. The Labute approximate surface area is 172 Å². The number of hydrogen-bond donors (Lipinski definition) is 1. The Bertz CT molecular complexity index is 776. The molecule has 0 aliphatic heterocycles. The van der Waals surface area contributed by atoms with Crippen LogP contribution < -0.4 is 10.1 Å². The van der Waals surface area contributed by atoms with E-state index in [0.29, 0.717) is 21.4 Å². The number of carbonyl (C=O) groups is 2. The van der Waals surface area contributed by atoms with E-state index in [1.165, 1.54) is 7.11 Å². The predicted molar refractivity (Wildman–Crippen MR) is 106 cm³/mol. The van der Waals surface area contributed by atoms with Crippen LogP contribution in [-0.2, 0) is 27.4 Å². The second-order valence-electron chi connectivity index (χ2n) is 5.61. The van der Waals surface area contributed by atoms with Crippen molar-refractivity contribution in [3.63, 3.8) is 0 Å². The molecule has 5 nitrogen and oxygen atoms in total. The van der Waals surface area contributed by atoms with Gasteiger partial charge in [-0.2, -0.15) is 0 Å². The van der Waals surface area contributed by atoms with Crippen LogP contribution >= 0.6 is 34.8 Å². The Kier molecular flexibility index (Phi) is 8.23. The summed E-state index contributed by atoms with van der Waals surface area (Å²) in [4.78, 5) is 23.3. The molecule has 0 fully saturated rings. The van der Waals surface area contributed by atoms with Gasteiger partial charge in [-0.15, -0.1) is 11.6 Å². The molecular weight excluding hydrogens is 413 g/mol. The molecule has 144 valence electrons. The molecule has 1 N–H and O–H groups in total. The minimum atomic E-state index is -0.810. The van der Waals surface area contributed by atoms with Crippen molar-refractivity contribution in [2.24, 2.45) is 0 Å². The van der Waals surface area contributed by atoms with Crippen molar-refractivity contribution in [2.45, 2.75) is 19.1 Å². The van der Waals surface area contributed by atoms with E-state index in [9.17, 15) is 9.59 Å². The number of alkyl halides is 1. The minimum absolute atomic E-state index is 0.231. The van der Waals surface area contributed by atoms with Crippen molar-refractivity contribution >= 4 is 46.7 Å². The zero-order valence-electron chi connectivity index (χ0n) is 14.5. The van der Waals surface area contributed by atoms with E-state index < -0.39 is 17.9 Å². The molecule has 1 amide bonds. The minimum Gasteiger partial charge on any atom is -0.489 e. The highest BCUT2D eigenvalue weighted by atomic mass is 35.5. The number of ether oxygens (including phenoxy) is 2. The number of carbonyl (C=O) groups excluding carboxylic acids is 2. The third-order valence-electron chi connectivity index (χ3n) is 3.75. The van der Waals surface area contributed by atoms with Gasteiger partial charge in [-0.25, -0.2) is 4.79 Å². The third-order valence-corrected chi connectivity index (χ3v) is 4.70. The maximum absolute atomic E-state index is 11.8. The Morgan fingerprint density at radius 1 is 1.07 bits per heavy atom. The van der Waals surface area contributed by atoms with E-state index in [1.807, 2.05) is 0 Å². The fourth-order valence-electron chi connectivity index (χ4n) is 2.35. The lowest BCUT2D eigenvalue weighted by Gasteiger charge is -2.16. The molecule has 27 heavy (non-hydrogen) atoms. The molecule has 0 aliphatic rings. The zero-order valence-corrected chi connectivity index (χ0v) is 16.8. The summed E-state index contributed by atoms with van der Waals surface area (Å²) >= 11 is 17.7. The molecule has 2 aromatic carbocycles. The maximum atomic E-state index is 11.8. The van der Waals surface area contributed by atoms with Crippen LogP contribution in [0, 0.1) is 0 Å². The Morgan fingerprint density at radius 3 is 2.26 bits per heavy atom. The quantitative estimate of drug-likeness (QED) is 0.508. The lowest BCUT2D eigenvalue weighted by atomic mass is 10.1. The first kappa shape index (κ1) is 21.4. The van der Waals surface area contributed by atoms with E-state index >= 15 is 0 Å². The molecule has 2 aromatic rings. The van der Waals surface area contributed by atoms with Crippen LogP contribution in [0.5, 0.6) is 5.75 Å². The summed E-state index contributed by atoms with van der Waals surface area (Å²) in [5.41, 5.74) is 1.53. The monoisotopic (exact) mass is 429 g/mol. The highest BCUT2D eigenvalue weighted by molar-refractivity contribution is 6.35. The fourth-order valence-corrected chi connectivity index (χ4v) is 2.94. The van der Waals surface area contributed by atoms with E-state index in [4.69, 9.17) is 44.3 Å². The van der Waals surface area contributed by atoms with Crippen molar-refractivity contribution in [1.82, 2.24) is 5.32 Å². The van der Waals surface area contributed by atoms with Gasteiger partial charge in [-0.3, -0.25) is 4.79 Å². The Balaban J connectivity index is 2.01. The van der Waals surface area contributed by atoms with Gasteiger partial charge in [-0.1, -0.05) is 41.4 Å². The van der Waals surface area contributed by atoms with E-state index in [-0.39, 0.29) is 18.9 Å². The molecule has 0 saturated heterocycles. The van der Waals surface area contributed by atoms with Crippen molar-refractivity contribution in [3.05, 3.63) is 63.6 Å². The molecule has 0 unspecified atom stereocenters. The SMILES string of the molecule is COC(=O)[C@@H](Cc1ccc(OCc2c(Cl)cccc2Cl)cc1)NC(=O)CCl. The summed E-state index contributed by atoms with van der Waals surface area (Å²) in [5, 5.41) is 3.61. The van der Waals surface area contributed by atoms with E-state index in [2.05, 4.69) is 5.32 Å². The van der Waals surface area contributed by atoms with Gasteiger partial charge in [0, 0.05) is 22.0 Å². The van der Waals surface area contributed by atoms with Gasteiger partial charge in [-0.05, 0) is 29.8 Å². The number of amides is 1. The van der Waals surface area contributed by atoms with Crippen LogP contribution in [0.4, 0.5) is 0 Å². The second kappa shape index (κ2) is 10.4. The Hall–Kier alpha value is -1.95. The number of halogens is 3. The van der Waals surface area contributed by atoms with Gasteiger partial charge in [0.25, 0.3) is 0 Å². The number of methoxy groups -OCH3 is 1. The molecular formula is C19H18Cl3NO4. The van der Waals surface area contributed by atoms with Crippen LogP contribution in [0.3, 0.4) is 0 Å². The number of benzene rings is 2. The molecule has 0 bridgehead atoms. The van der Waals surface area contributed by atoms with Gasteiger partial charge in [0.1, 0.15) is 24.3 Å². The molecule has 2 rings (SSSR count).